The van der Waals surface area contributed by atoms with Gasteiger partial charge in [-0.2, -0.15) is 0 Å². The van der Waals surface area contributed by atoms with Gasteiger partial charge in [-0.1, -0.05) is 0 Å². The lowest BCUT2D eigenvalue weighted by molar-refractivity contribution is -0.135. The Hall–Kier alpha value is -3.42. The number of carbonyl (C=O) groups excluding carboxylic acids is 3. The number of benzene rings is 2. The summed E-state index contributed by atoms with van der Waals surface area (Å²) in [7, 11) is 2.92. The summed E-state index contributed by atoms with van der Waals surface area (Å²) in [5.74, 6) is -0.563. The zero-order valence-corrected chi connectivity index (χ0v) is 14.9. The summed E-state index contributed by atoms with van der Waals surface area (Å²) in [5.41, 5.74) is 0.672. The highest BCUT2D eigenvalue weighted by atomic mass is 19.1. The monoisotopic (exact) mass is 374 g/mol. The van der Waals surface area contributed by atoms with Crippen LogP contribution in [0, 0.1) is 5.82 Å². The van der Waals surface area contributed by atoms with Gasteiger partial charge in [0.15, 0.2) is 12.9 Å². The first-order valence-corrected chi connectivity index (χ1v) is 7.98. The van der Waals surface area contributed by atoms with Crippen molar-refractivity contribution in [1.82, 2.24) is 4.90 Å². The highest BCUT2D eigenvalue weighted by molar-refractivity contribution is 5.94. The molecule has 2 aromatic carbocycles. The molecule has 0 atom stereocenters. The maximum Gasteiger partial charge on any atom is 0.260 e. The van der Waals surface area contributed by atoms with Crippen molar-refractivity contribution in [1.29, 1.82) is 0 Å². The fourth-order valence-corrected chi connectivity index (χ4v) is 2.16. The maximum atomic E-state index is 12.9. The van der Waals surface area contributed by atoms with Crippen LogP contribution in [0.2, 0.25) is 0 Å². The van der Waals surface area contributed by atoms with E-state index in [1.165, 1.54) is 55.5 Å². The number of hydrogen-bond donors (Lipinski definition) is 1. The third-order valence-corrected chi connectivity index (χ3v) is 3.63. The molecule has 0 radical (unpaired) electrons. The smallest absolute Gasteiger partial charge is 0.260 e. The zero-order valence-electron chi connectivity index (χ0n) is 14.9. The minimum Gasteiger partial charge on any atom is -0.497 e. The van der Waals surface area contributed by atoms with Crippen LogP contribution < -0.4 is 14.8 Å². The second-order valence-electron chi connectivity index (χ2n) is 5.62. The quantitative estimate of drug-likeness (QED) is 0.716. The summed E-state index contributed by atoms with van der Waals surface area (Å²) in [6, 6.07) is 9.90. The highest BCUT2D eigenvalue weighted by Crippen LogP contribution is 2.22. The summed E-state index contributed by atoms with van der Waals surface area (Å²) in [4.78, 5) is 36.4. The fraction of sp³-hybridized carbons (Fsp3) is 0.211. The average molecular weight is 374 g/mol. The third-order valence-electron chi connectivity index (χ3n) is 3.63. The van der Waals surface area contributed by atoms with Crippen LogP contribution >= 0.6 is 0 Å². The van der Waals surface area contributed by atoms with Crippen molar-refractivity contribution in [2.24, 2.45) is 0 Å². The largest absolute Gasteiger partial charge is 0.497 e. The van der Waals surface area contributed by atoms with Gasteiger partial charge in [0.1, 0.15) is 17.3 Å². The van der Waals surface area contributed by atoms with E-state index in [1.54, 1.807) is 6.07 Å². The molecule has 2 rings (SSSR count). The van der Waals surface area contributed by atoms with E-state index >= 15 is 0 Å². The molecule has 0 unspecified atom stereocenters. The zero-order chi connectivity index (χ0) is 19.8. The van der Waals surface area contributed by atoms with Crippen LogP contribution in [-0.2, 0) is 9.59 Å². The molecule has 0 aromatic heterocycles. The first kappa shape index (κ1) is 19.9. The van der Waals surface area contributed by atoms with E-state index < -0.39 is 17.6 Å². The average Bonchev–Trinajstić information content (AvgIpc) is 2.67. The molecule has 0 aliphatic heterocycles. The number of anilines is 1. The summed E-state index contributed by atoms with van der Waals surface area (Å²) in [6.45, 7) is -0.545. The molecule has 0 aliphatic carbocycles. The molecule has 1 N–H and O–H groups in total. The number of likely N-dealkylation sites (N-methyl/N-ethyl adjacent to an activating group) is 1. The number of halogens is 1. The Labute approximate surface area is 155 Å². The fourth-order valence-electron chi connectivity index (χ4n) is 2.16. The predicted octanol–water partition coefficient (Wildman–Crippen LogP) is 2.12. The first-order valence-electron chi connectivity index (χ1n) is 7.98. The summed E-state index contributed by atoms with van der Waals surface area (Å²) < 4.78 is 23.2. The van der Waals surface area contributed by atoms with Crippen LogP contribution in [0.25, 0.3) is 0 Å². The molecule has 0 spiro atoms. The van der Waals surface area contributed by atoms with E-state index in [1.807, 2.05) is 0 Å². The Kier molecular flexibility index (Phi) is 6.87. The number of rotatable bonds is 8. The van der Waals surface area contributed by atoms with Gasteiger partial charge in [-0.25, -0.2) is 4.39 Å². The number of nitrogens with zero attached hydrogens (tertiary/aromatic N) is 1. The molecule has 2 amide bonds. The molecule has 142 valence electrons. The van der Waals surface area contributed by atoms with E-state index in [-0.39, 0.29) is 24.5 Å². The predicted molar refractivity (Wildman–Crippen MR) is 96.5 cm³/mol. The standard InChI is InChI=1S/C19H19FN2O5/c1-22(10-18(24)21-15-5-3-14(20)4-6-15)19(25)12-27-17-8-7-16(26-2)9-13(17)11-23/h3-9,11H,10,12H2,1-2H3,(H,21,24). The Morgan fingerprint density at radius 1 is 1.19 bits per heavy atom. The van der Waals surface area contributed by atoms with Crippen molar-refractivity contribution in [3.05, 3.63) is 53.8 Å². The van der Waals surface area contributed by atoms with Crippen molar-refractivity contribution < 1.29 is 28.2 Å². The number of ether oxygens (including phenoxy) is 2. The van der Waals surface area contributed by atoms with E-state index in [0.29, 0.717) is 17.7 Å². The Morgan fingerprint density at radius 3 is 2.52 bits per heavy atom. The highest BCUT2D eigenvalue weighted by Gasteiger charge is 2.15. The number of aldehydes is 1. The molecular weight excluding hydrogens is 355 g/mol. The Bertz CT molecular complexity index is 823. The van der Waals surface area contributed by atoms with Gasteiger partial charge in [0.2, 0.25) is 5.91 Å². The summed E-state index contributed by atoms with van der Waals surface area (Å²) >= 11 is 0. The van der Waals surface area contributed by atoms with Crippen molar-refractivity contribution in [3.8, 4) is 11.5 Å². The van der Waals surface area contributed by atoms with Gasteiger partial charge in [0.25, 0.3) is 5.91 Å². The second-order valence-corrected chi connectivity index (χ2v) is 5.62. The second kappa shape index (κ2) is 9.33. The van der Waals surface area contributed by atoms with Crippen molar-refractivity contribution >= 4 is 23.8 Å². The molecule has 0 aliphatic rings. The molecular formula is C19H19FN2O5. The summed E-state index contributed by atoms with van der Waals surface area (Å²) in [5, 5.41) is 2.56. The summed E-state index contributed by atoms with van der Waals surface area (Å²) in [6.07, 6.45) is 0.599. The number of methoxy groups -OCH3 is 1. The van der Waals surface area contributed by atoms with Crippen molar-refractivity contribution in [3.63, 3.8) is 0 Å². The molecule has 0 fully saturated rings. The molecule has 27 heavy (non-hydrogen) atoms. The van der Waals surface area contributed by atoms with Gasteiger partial charge in [0.05, 0.1) is 19.2 Å². The topological polar surface area (TPSA) is 84.9 Å². The van der Waals surface area contributed by atoms with E-state index in [0.717, 1.165) is 0 Å². The van der Waals surface area contributed by atoms with Crippen molar-refractivity contribution in [2.45, 2.75) is 0 Å². The molecule has 0 bridgehead atoms. The van der Waals surface area contributed by atoms with Gasteiger partial charge < -0.3 is 19.7 Å². The number of carbonyl (C=O) groups is 3. The number of hydrogen-bond acceptors (Lipinski definition) is 5. The molecule has 0 saturated carbocycles. The Morgan fingerprint density at radius 2 is 1.89 bits per heavy atom. The van der Waals surface area contributed by atoms with Crippen LogP contribution in [0.15, 0.2) is 42.5 Å². The Balaban J connectivity index is 1.87. The van der Waals surface area contributed by atoms with Gasteiger partial charge in [0, 0.05) is 12.7 Å². The molecule has 7 nitrogen and oxygen atoms in total. The van der Waals surface area contributed by atoms with E-state index in [4.69, 9.17) is 9.47 Å². The maximum absolute atomic E-state index is 12.9. The van der Waals surface area contributed by atoms with Crippen molar-refractivity contribution in [2.75, 3.05) is 32.6 Å². The van der Waals surface area contributed by atoms with Gasteiger partial charge in [-0.05, 0) is 42.5 Å². The lowest BCUT2D eigenvalue weighted by Gasteiger charge is -2.17. The van der Waals surface area contributed by atoms with Crippen LogP contribution in [0.4, 0.5) is 10.1 Å². The van der Waals surface area contributed by atoms with Crippen LogP contribution in [0.1, 0.15) is 10.4 Å². The van der Waals surface area contributed by atoms with E-state index in [2.05, 4.69) is 5.32 Å². The molecule has 0 heterocycles. The van der Waals surface area contributed by atoms with Gasteiger partial charge in [-0.15, -0.1) is 0 Å². The lowest BCUT2D eigenvalue weighted by Crippen LogP contribution is -2.37. The first-order chi connectivity index (χ1) is 12.9. The molecule has 0 saturated heterocycles. The number of amides is 2. The molecule has 2 aromatic rings. The van der Waals surface area contributed by atoms with Crippen LogP contribution in [-0.4, -0.2) is 50.3 Å². The van der Waals surface area contributed by atoms with Gasteiger partial charge >= 0.3 is 0 Å². The molecule has 8 heteroatoms. The number of nitrogens with one attached hydrogen (secondary N) is 1. The lowest BCUT2D eigenvalue weighted by atomic mass is 10.2. The minimum atomic E-state index is -0.447. The SMILES string of the molecule is COc1ccc(OCC(=O)N(C)CC(=O)Nc2ccc(F)cc2)c(C=O)c1. The van der Waals surface area contributed by atoms with Crippen LogP contribution in [0.3, 0.4) is 0 Å². The third kappa shape index (κ3) is 5.81. The van der Waals surface area contributed by atoms with E-state index in [9.17, 15) is 18.8 Å². The van der Waals surface area contributed by atoms with Crippen LogP contribution in [0.5, 0.6) is 11.5 Å². The minimum absolute atomic E-state index is 0.206. The van der Waals surface area contributed by atoms with Gasteiger partial charge in [-0.3, -0.25) is 14.4 Å². The normalized spacial score (nSPS) is 10.0.